The van der Waals surface area contributed by atoms with Gasteiger partial charge in [0.25, 0.3) is 15.9 Å². The molecule has 0 aliphatic carbocycles. The van der Waals surface area contributed by atoms with Crippen molar-refractivity contribution in [3.63, 3.8) is 0 Å². The molecular formula is C26H35N5O3S. The minimum Gasteiger partial charge on any atom is -0.384 e. The van der Waals surface area contributed by atoms with Crippen LogP contribution in [-0.4, -0.2) is 36.4 Å². The third kappa shape index (κ3) is 5.14. The number of anilines is 2. The maximum atomic E-state index is 13.3. The van der Waals surface area contributed by atoms with Crippen molar-refractivity contribution in [1.29, 1.82) is 0 Å². The molecule has 9 heteroatoms. The third-order valence-corrected chi connectivity index (χ3v) is 7.67. The first-order chi connectivity index (χ1) is 16.6. The number of hydrogen-bond donors (Lipinski definition) is 2. The summed E-state index contributed by atoms with van der Waals surface area (Å²) in [6.45, 7) is 8.46. The fourth-order valence-electron chi connectivity index (χ4n) is 4.44. The lowest BCUT2D eigenvalue weighted by Crippen LogP contribution is -2.37. The quantitative estimate of drug-likeness (QED) is 0.500. The molecule has 1 amide bonds. The first-order valence-electron chi connectivity index (χ1n) is 11.8. The molecule has 1 aliphatic rings. The number of nitrogens with zero attached hydrogens (tertiary/aromatic N) is 3. The monoisotopic (exact) mass is 497 g/mol. The Bertz CT molecular complexity index is 1340. The van der Waals surface area contributed by atoms with E-state index in [0.29, 0.717) is 11.7 Å². The van der Waals surface area contributed by atoms with E-state index in [9.17, 15) is 13.2 Å². The second-order valence-electron chi connectivity index (χ2n) is 9.36. The van der Waals surface area contributed by atoms with Crippen LogP contribution in [-0.2, 0) is 10.0 Å². The molecule has 1 saturated heterocycles. The summed E-state index contributed by atoms with van der Waals surface area (Å²) in [5, 5.41) is -0.315. The van der Waals surface area contributed by atoms with E-state index in [1.54, 1.807) is 12.1 Å². The molecule has 188 valence electrons. The van der Waals surface area contributed by atoms with E-state index in [1.807, 2.05) is 12.1 Å². The summed E-state index contributed by atoms with van der Waals surface area (Å²) < 4.78 is 27.8. The number of pyridine rings is 2. The molecule has 3 heterocycles. The van der Waals surface area contributed by atoms with Gasteiger partial charge in [0.1, 0.15) is 11.6 Å². The molecule has 2 atom stereocenters. The Labute approximate surface area is 209 Å². The van der Waals surface area contributed by atoms with Gasteiger partial charge in [-0.05, 0) is 62.4 Å². The van der Waals surface area contributed by atoms with Gasteiger partial charge in [-0.15, -0.1) is 0 Å². The first-order valence-corrected chi connectivity index (χ1v) is 13.2. The Morgan fingerprint density at radius 1 is 1.03 bits per heavy atom. The molecule has 3 N–H and O–H groups in total. The highest BCUT2D eigenvalue weighted by Gasteiger charge is 2.33. The molecule has 8 nitrogen and oxygen atoms in total. The lowest BCUT2D eigenvalue weighted by Gasteiger charge is -2.29. The lowest BCUT2D eigenvalue weighted by molar-refractivity contribution is 0.0981. The molecule has 35 heavy (non-hydrogen) atoms. The van der Waals surface area contributed by atoms with E-state index < -0.39 is 15.9 Å². The standard InChI is InChI=1S/C26H31N5O3S.2H2/c1-16(2)19-10-12-20(13-11-19)22-15-14-21(25(28-22)31-17(3)8-9-18(31)4)26(32)30-35(33,34)24-7-5-6-23(27)29-24;;/h5-7,10-18H,8-9H2,1-4H3,(H2,27,29)(H,30,32);2*1H/t17-,18+;;. The fraction of sp³-hybridized carbons (Fsp3) is 0.346. The van der Waals surface area contributed by atoms with Crippen LogP contribution >= 0.6 is 0 Å². The highest BCUT2D eigenvalue weighted by Crippen LogP contribution is 2.33. The highest BCUT2D eigenvalue weighted by atomic mass is 32.2. The molecule has 1 aliphatic heterocycles. The zero-order valence-electron chi connectivity index (χ0n) is 20.4. The summed E-state index contributed by atoms with van der Waals surface area (Å²) in [7, 11) is -4.21. The van der Waals surface area contributed by atoms with Crippen LogP contribution in [0.3, 0.4) is 0 Å². The lowest BCUT2D eigenvalue weighted by atomic mass is 10.0. The molecule has 0 radical (unpaired) electrons. The molecule has 4 rings (SSSR count). The molecule has 0 unspecified atom stereocenters. The summed E-state index contributed by atoms with van der Waals surface area (Å²) in [5.74, 6) is 0.183. The van der Waals surface area contributed by atoms with Gasteiger partial charge in [0.05, 0.1) is 11.3 Å². The van der Waals surface area contributed by atoms with Gasteiger partial charge in [-0.3, -0.25) is 4.79 Å². The first kappa shape index (κ1) is 24.7. The molecular weight excluding hydrogens is 462 g/mol. The minimum absolute atomic E-state index is 0. The molecule has 0 spiro atoms. The predicted octanol–water partition coefficient (Wildman–Crippen LogP) is 4.84. The van der Waals surface area contributed by atoms with Crippen LogP contribution in [0.2, 0.25) is 0 Å². The summed E-state index contributed by atoms with van der Waals surface area (Å²) in [4.78, 5) is 24.1. The SMILES string of the molecule is CC(C)c1ccc(-c2ccc(C(=O)NS(=O)(=O)c3cccc(N)n3)c(N3[C@H](C)CC[C@@H]3C)n2)cc1.[HH].[HH]. The number of amides is 1. The number of sulfonamides is 1. The van der Waals surface area contributed by atoms with Gasteiger partial charge in [0, 0.05) is 20.5 Å². The average Bonchev–Trinajstić information content (AvgIpc) is 3.16. The van der Waals surface area contributed by atoms with E-state index in [1.165, 1.54) is 23.8 Å². The molecule has 1 aromatic carbocycles. The van der Waals surface area contributed by atoms with Crippen molar-refractivity contribution < 1.29 is 16.1 Å². The summed E-state index contributed by atoms with van der Waals surface area (Å²) in [5.41, 5.74) is 8.70. The number of nitrogens with one attached hydrogen (secondary N) is 1. The molecule has 3 aromatic rings. The minimum atomic E-state index is -4.21. The van der Waals surface area contributed by atoms with E-state index >= 15 is 0 Å². The summed E-state index contributed by atoms with van der Waals surface area (Å²) in [6.07, 6.45) is 1.92. The number of aromatic nitrogens is 2. The van der Waals surface area contributed by atoms with Crippen LogP contribution in [0, 0.1) is 0 Å². The zero-order valence-corrected chi connectivity index (χ0v) is 21.2. The number of carbonyl (C=O) groups is 1. The third-order valence-electron chi connectivity index (χ3n) is 6.44. The topological polar surface area (TPSA) is 118 Å². The largest absolute Gasteiger partial charge is 0.384 e. The number of carbonyl (C=O) groups excluding carboxylic acids is 1. The van der Waals surface area contributed by atoms with Gasteiger partial charge in [-0.25, -0.2) is 14.7 Å². The van der Waals surface area contributed by atoms with Crippen molar-refractivity contribution in [2.75, 3.05) is 10.6 Å². The number of benzene rings is 1. The van der Waals surface area contributed by atoms with E-state index in [4.69, 9.17) is 10.7 Å². The Morgan fingerprint density at radius 3 is 2.29 bits per heavy atom. The Kier molecular flexibility index (Phi) is 6.80. The summed E-state index contributed by atoms with van der Waals surface area (Å²) in [6, 6.07) is 16.2. The van der Waals surface area contributed by atoms with E-state index in [2.05, 4.69) is 54.4 Å². The van der Waals surface area contributed by atoms with Crippen LogP contribution < -0.4 is 15.4 Å². The molecule has 2 aromatic heterocycles. The second-order valence-corrected chi connectivity index (χ2v) is 11.0. The Balaban J connectivity index is 0.00000241. The molecule has 0 saturated carbocycles. The van der Waals surface area contributed by atoms with Crippen molar-refractivity contribution >= 4 is 27.6 Å². The smallest absolute Gasteiger partial charge is 0.281 e. The number of hydrogen-bond acceptors (Lipinski definition) is 7. The van der Waals surface area contributed by atoms with Gasteiger partial charge in [-0.2, -0.15) is 8.42 Å². The maximum Gasteiger partial charge on any atom is 0.281 e. The maximum absolute atomic E-state index is 13.3. The number of rotatable bonds is 6. The van der Waals surface area contributed by atoms with Crippen molar-refractivity contribution in [1.82, 2.24) is 14.7 Å². The average molecular weight is 498 g/mol. The van der Waals surface area contributed by atoms with E-state index in [-0.39, 0.29) is 31.3 Å². The van der Waals surface area contributed by atoms with Gasteiger partial charge in [0.15, 0.2) is 5.03 Å². The fourth-order valence-corrected chi connectivity index (χ4v) is 5.39. The Morgan fingerprint density at radius 2 is 1.69 bits per heavy atom. The van der Waals surface area contributed by atoms with Crippen molar-refractivity contribution in [2.45, 2.75) is 63.6 Å². The van der Waals surface area contributed by atoms with Gasteiger partial charge < -0.3 is 10.6 Å². The second kappa shape index (κ2) is 9.65. The van der Waals surface area contributed by atoms with Gasteiger partial charge in [-0.1, -0.05) is 44.2 Å². The number of nitrogens with two attached hydrogens (primary N) is 1. The highest BCUT2D eigenvalue weighted by molar-refractivity contribution is 7.90. The van der Waals surface area contributed by atoms with Crippen LogP contribution in [0.1, 0.15) is 65.2 Å². The number of nitrogen functional groups attached to an aromatic ring is 1. The van der Waals surface area contributed by atoms with Crippen molar-refractivity contribution in [3.8, 4) is 11.3 Å². The van der Waals surface area contributed by atoms with Crippen molar-refractivity contribution in [2.24, 2.45) is 0 Å². The van der Waals surface area contributed by atoms with Crippen LogP contribution in [0.25, 0.3) is 11.3 Å². The Hall–Kier alpha value is -3.46. The van der Waals surface area contributed by atoms with Crippen LogP contribution in [0.4, 0.5) is 11.6 Å². The molecule has 0 bridgehead atoms. The van der Waals surface area contributed by atoms with Crippen molar-refractivity contribution in [3.05, 3.63) is 65.7 Å². The normalized spacial score (nSPS) is 18.1. The molecule has 1 fully saturated rings. The van der Waals surface area contributed by atoms with E-state index in [0.717, 1.165) is 24.1 Å². The van der Waals surface area contributed by atoms with Gasteiger partial charge >= 0.3 is 0 Å². The van der Waals surface area contributed by atoms with Gasteiger partial charge in [0.2, 0.25) is 0 Å². The van der Waals surface area contributed by atoms with Crippen LogP contribution in [0.15, 0.2) is 59.6 Å². The zero-order chi connectivity index (χ0) is 25.3. The predicted molar refractivity (Wildman–Crippen MR) is 142 cm³/mol. The summed E-state index contributed by atoms with van der Waals surface area (Å²) >= 11 is 0. The van der Waals surface area contributed by atoms with Crippen LogP contribution in [0.5, 0.6) is 0 Å².